The number of carbonyl (C=O) groups is 2. The summed E-state index contributed by atoms with van der Waals surface area (Å²) in [6.45, 7) is 4.49. The van der Waals surface area contributed by atoms with E-state index < -0.39 is 23.3 Å². The van der Waals surface area contributed by atoms with Gasteiger partial charge in [0, 0.05) is 5.56 Å². The van der Waals surface area contributed by atoms with Gasteiger partial charge in [-0.05, 0) is 60.4 Å². The summed E-state index contributed by atoms with van der Waals surface area (Å²) in [7, 11) is 0. The molecule has 6 nitrogen and oxygen atoms in total. The van der Waals surface area contributed by atoms with E-state index in [1.807, 2.05) is 30.3 Å². The monoisotopic (exact) mass is 474 g/mol. The zero-order valence-electron chi connectivity index (χ0n) is 20.2. The molecule has 1 aliphatic carbocycles. The van der Waals surface area contributed by atoms with Crippen molar-refractivity contribution in [3.05, 3.63) is 71.0 Å². The van der Waals surface area contributed by atoms with E-state index in [4.69, 9.17) is 17.1 Å². The van der Waals surface area contributed by atoms with Crippen LogP contribution in [0.4, 0.5) is 4.39 Å². The Kier molecular flexibility index (Phi) is 6.66. The number of hydrogen-bond donors (Lipinski definition) is 2. The Hall–Kier alpha value is -3.66. The summed E-state index contributed by atoms with van der Waals surface area (Å²) in [6.07, 6.45) is 9.51. The number of nitrogens with one attached hydrogen (secondary N) is 1. The minimum Gasteiger partial charge on any atom is -0.369 e. The summed E-state index contributed by atoms with van der Waals surface area (Å²) in [5, 5.41) is 2.75. The minimum absolute atomic E-state index is 0.0328. The first-order valence-electron chi connectivity index (χ1n) is 11.9. The molecule has 0 bridgehead atoms. The van der Waals surface area contributed by atoms with Crippen molar-refractivity contribution in [1.29, 1.82) is 0 Å². The van der Waals surface area contributed by atoms with E-state index in [1.165, 1.54) is 11.0 Å². The van der Waals surface area contributed by atoms with E-state index in [2.05, 4.69) is 25.1 Å². The van der Waals surface area contributed by atoms with Gasteiger partial charge in [-0.1, -0.05) is 50.1 Å². The summed E-state index contributed by atoms with van der Waals surface area (Å²) in [5.41, 5.74) is 7.34. The summed E-state index contributed by atoms with van der Waals surface area (Å²) in [5.74, 6) is 1.46. The third-order valence-electron chi connectivity index (χ3n) is 7.08. The van der Waals surface area contributed by atoms with Crippen LogP contribution in [0.1, 0.15) is 73.5 Å². The number of terminal acetylenes is 1. The Labute approximate surface area is 205 Å². The van der Waals surface area contributed by atoms with Gasteiger partial charge < -0.3 is 11.1 Å². The van der Waals surface area contributed by atoms with E-state index in [-0.39, 0.29) is 35.8 Å². The lowest BCUT2D eigenvalue weighted by molar-refractivity contribution is -0.130. The maximum absolute atomic E-state index is 14.5. The van der Waals surface area contributed by atoms with Gasteiger partial charge in [0.05, 0.1) is 18.5 Å². The van der Waals surface area contributed by atoms with Crippen LogP contribution in [0.5, 0.6) is 0 Å². The highest BCUT2D eigenvalue weighted by atomic mass is 19.1. The van der Waals surface area contributed by atoms with Gasteiger partial charge in [0.25, 0.3) is 5.91 Å². The summed E-state index contributed by atoms with van der Waals surface area (Å²) >= 11 is 0. The lowest BCUT2D eigenvalue weighted by atomic mass is 9.68. The Morgan fingerprint density at radius 2 is 1.89 bits per heavy atom. The Morgan fingerprint density at radius 3 is 2.51 bits per heavy atom. The molecule has 1 atom stereocenters. The van der Waals surface area contributed by atoms with Gasteiger partial charge in [0.15, 0.2) is 5.96 Å². The smallest absolute Gasteiger partial charge is 0.252 e. The van der Waals surface area contributed by atoms with Gasteiger partial charge in [-0.25, -0.2) is 9.38 Å². The van der Waals surface area contributed by atoms with Crippen molar-refractivity contribution in [2.75, 3.05) is 0 Å². The van der Waals surface area contributed by atoms with Crippen molar-refractivity contribution in [1.82, 2.24) is 10.2 Å². The number of nitrogens with zero attached hydrogens (tertiary/aromatic N) is 2. The molecule has 2 amide bonds. The van der Waals surface area contributed by atoms with Crippen LogP contribution < -0.4 is 11.1 Å². The quantitative estimate of drug-likeness (QED) is 0.633. The molecule has 1 heterocycles. The molecule has 4 rings (SSSR count). The number of carbonyl (C=O) groups excluding carboxylic acids is 2. The summed E-state index contributed by atoms with van der Waals surface area (Å²) < 4.78 is 14.5. The van der Waals surface area contributed by atoms with E-state index in [0.29, 0.717) is 5.56 Å². The molecule has 35 heavy (non-hydrogen) atoms. The number of amides is 2. The molecular weight excluding hydrogens is 443 g/mol. The predicted molar refractivity (Wildman–Crippen MR) is 134 cm³/mol. The first-order chi connectivity index (χ1) is 16.6. The molecule has 0 aromatic heterocycles. The second-order valence-electron chi connectivity index (χ2n) is 10.3. The molecule has 1 fully saturated rings. The molecule has 0 radical (unpaired) electrons. The van der Waals surface area contributed by atoms with Crippen LogP contribution in [0, 0.1) is 23.6 Å². The van der Waals surface area contributed by atoms with Crippen molar-refractivity contribution in [3.8, 4) is 12.3 Å². The average Bonchev–Trinajstić information content (AvgIpc) is 2.82. The van der Waals surface area contributed by atoms with Gasteiger partial charge in [-0.15, -0.1) is 6.42 Å². The van der Waals surface area contributed by atoms with Crippen LogP contribution in [0.3, 0.4) is 0 Å². The number of halogens is 1. The lowest BCUT2D eigenvalue weighted by Crippen LogP contribution is -2.52. The molecule has 7 heteroatoms. The number of rotatable bonds is 5. The van der Waals surface area contributed by atoms with Crippen LogP contribution in [0.2, 0.25) is 0 Å². The van der Waals surface area contributed by atoms with Crippen LogP contribution in [0.25, 0.3) is 0 Å². The van der Waals surface area contributed by atoms with Crippen LogP contribution in [-0.2, 0) is 11.3 Å². The van der Waals surface area contributed by atoms with Crippen molar-refractivity contribution in [3.63, 3.8) is 0 Å². The SMILES string of the molecule is C#C[C@H](NC(=O)c1cc(F)cc(CN2C(=O)CC3(CCC(C)(C)CC3)N=C2N)c1)c1ccccc1. The van der Waals surface area contributed by atoms with Gasteiger partial charge >= 0.3 is 0 Å². The predicted octanol–water partition coefficient (Wildman–Crippen LogP) is 4.32. The van der Waals surface area contributed by atoms with Crippen molar-refractivity contribution in [2.45, 2.75) is 64.1 Å². The third-order valence-corrected chi connectivity index (χ3v) is 7.08. The number of hydrogen-bond acceptors (Lipinski definition) is 4. The van der Waals surface area contributed by atoms with E-state index in [1.54, 1.807) is 6.07 Å². The molecule has 2 aromatic carbocycles. The maximum atomic E-state index is 14.5. The molecule has 0 unspecified atom stereocenters. The standard InChI is InChI=1S/C28H31FN4O2/c1-4-23(20-8-6-5-7-9-20)31-25(35)21-14-19(15-22(29)16-21)18-33-24(34)17-28(32-26(33)30)12-10-27(2,3)11-13-28/h1,5-9,14-16,23H,10-13,17-18H2,2-3H3,(H2,30,32)(H,31,35)/t23-/m0/s1. The molecule has 1 aliphatic heterocycles. The number of guanidine groups is 1. The number of aliphatic imine (C=N–C) groups is 1. The van der Waals surface area contributed by atoms with Gasteiger partial charge in [-0.3, -0.25) is 14.5 Å². The normalized spacial score (nSPS) is 19.5. The molecule has 3 N–H and O–H groups in total. The lowest BCUT2D eigenvalue weighted by Gasteiger charge is -2.44. The van der Waals surface area contributed by atoms with Crippen LogP contribution >= 0.6 is 0 Å². The number of nitrogens with two attached hydrogens (primary N) is 1. The second-order valence-corrected chi connectivity index (χ2v) is 10.3. The van der Waals surface area contributed by atoms with Crippen LogP contribution in [0.15, 0.2) is 53.5 Å². The summed E-state index contributed by atoms with van der Waals surface area (Å²) in [4.78, 5) is 32.0. The molecule has 0 saturated heterocycles. The minimum atomic E-state index is -0.654. The largest absolute Gasteiger partial charge is 0.369 e. The second kappa shape index (κ2) is 9.53. The Balaban J connectivity index is 1.50. The van der Waals surface area contributed by atoms with Crippen molar-refractivity contribution >= 4 is 17.8 Å². The zero-order valence-corrected chi connectivity index (χ0v) is 20.2. The fourth-order valence-electron chi connectivity index (χ4n) is 4.83. The number of benzene rings is 2. The fraction of sp³-hybridized carbons (Fsp3) is 0.393. The fourth-order valence-corrected chi connectivity index (χ4v) is 4.83. The topological polar surface area (TPSA) is 87.8 Å². The van der Waals surface area contributed by atoms with E-state index in [0.717, 1.165) is 37.3 Å². The van der Waals surface area contributed by atoms with Crippen molar-refractivity contribution < 1.29 is 14.0 Å². The van der Waals surface area contributed by atoms with Crippen molar-refractivity contribution in [2.24, 2.45) is 16.1 Å². The highest BCUT2D eigenvalue weighted by Gasteiger charge is 2.44. The Morgan fingerprint density at radius 1 is 1.20 bits per heavy atom. The average molecular weight is 475 g/mol. The van der Waals surface area contributed by atoms with Gasteiger partial charge in [0.2, 0.25) is 5.91 Å². The van der Waals surface area contributed by atoms with Gasteiger partial charge in [-0.2, -0.15) is 0 Å². The molecule has 2 aromatic rings. The molecule has 1 saturated carbocycles. The molecule has 1 spiro atoms. The Bertz CT molecular complexity index is 1190. The maximum Gasteiger partial charge on any atom is 0.252 e. The zero-order chi connectivity index (χ0) is 25.2. The highest BCUT2D eigenvalue weighted by Crippen LogP contribution is 2.45. The van der Waals surface area contributed by atoms with Gasteiger partial charge in [0.1, 0.15) is 11.9 Å². The molecular formula is C28H31FN4O2. The third kappa shape index (κ3) is 5.54. The summed E-state index contributed by atoms with van der Waals surface area (Å²) in [6, 6.07) is 12.5. The first-order valence-corrected chi connectivity index (χ1v) is 11.9. The first kappa shape index (κ1) is 24.5. The van der Waals surface area contributed by atoms with Crippen LogP contribution in [-0.4, -0.2) is 28.2 Å². The van der Waals surface area contributed by atoms with E-state index >= 15 is 0 Å². The molecule has 2 aliphatic rings. The van der Waals surface area contributed by atoms with E-state index in [9.17, 15) is 14.0 Å². The highest BCUT2D eigenvalue weighted by molar-refractivity contribution is 5.99. The molecule has 182 valence electrons.